The largest absolute Gasteiger partial charge is 0.493 e. The van der Waals surface area contributed by atoms with Crippen LogP contribution in [0.15, 0.2) is 46.2 Å². The van der Waals surface area contributed by atoms with E-state index in [4.69, 9.17) is 18.9 Å². The molecule has 0 aromatic heterocycles. The molecule has 2 saturated heterocycles. The second-order valence-corrected chi connectivity index (χ2v) is 8.96. The van der Waals surface area contributed by atoms with E-state index >= 15 is 0 Å². The summed E-state index contributed by atoms with van der Waals surface area (Å²) in [5, 5.41) is 3.69. The molecule has 0 saturated carbocycles. The lowest BCUT2D eigenvalue weighted by Gasteiger charge is -2.07. The number of rotatable bonds is 6. The summed E-state index contributed by atoms with van der Waals surface area (Å²) < 4.78 is 20.6. The van der Waals surface area contributed by atoms with Crippen LogP contribution in [0.1, 0.15) is 11.1 Å². The number of ether oxygens (including phenoxy) is 4. The lowest BCUT2D eigenvalue weighted by molar-refractivity contribution is -0.116. The van der Waals surface area contributed by atoms with Crippen LogP contribution < -0.4 is 29.6 Å². The molecular formula is C24H22N2O8S2. The summed E-state index contributed by atoms with van der Waals surface area (Å²) in [6, 6.07) is 10.5. The van der Waals surface area contributed by atoms with Gasteiger partial charge in [0.2, 0.25) is 0 Å². The van der Waals surface area contributed by atoms with Gasteiger partial charge < -0.3 is 18.9 Å². The summed E-state index contributed by atoms with van der Waals surface area (Å²) in [4.78, 5) is 45.6. The topological polar surface area (TPSA) is 129 Å². The maximum atomic E-state index is 11.4. The number of hydrogen-bond acceptors (Lipinski definition) is 10. The molecule has 2 N–H and O–H groups in total. The standard InChI is InChI=1S/2C12H11NO4S/c2*1-16-8-4-3-7(5-9(8)17-2)6-10-11(14)13-12(15)18-10/h2*3-6H,1-2H3,(H,13,14,15). The Bertz CT molecular complexity index is 1180. The normalized spacial score (nSPS) is 16.9. The zero-order chi connectivity index (χ0) is 26.2. The summed E-state index contributed by atoms with van der Waals surface area (Å²) in [6.45, 7) is 0. The molecule has 10 nitrogen and oxygen atoms in total. The average Bonchev–Trinajstić information content (AvgIpc) is 3.36. The van der Waals surface area contributed by atoms with Gasteiger partial charge in [-0.05, 0) is 71.1 Å². The van der Waals surface area contributed by atoms with Crippen LogP contribution in [0.5, 0.6) is 23.0 Å². The van der Waals surface area contributed by atoms with Gasteiger partial charge in [0.05, 0.1) is 38.2 Å². The maximum Gasteiger partial charge on any atom is 0.290 e. The van der Waals surface area contributed by atoms with Crippen LogP contribution in [0.4, 0.5) is 9.59 Å². The molecule has 36 heavy (non-hydrogen) atoms. The monoisotopic (exact) mass is 530 g/mol. The van der Waals surface area contributed by atoms with Gasteiger partial charge in [0.15, 0.2) is 23.0 Å². The number of nitrogens with one attached hydrogen (secondary N) is 2. The van der Waals surface area contributed by atoms with Gasteiger partial charge in [0, 0.05) is 0 Å². The lowest BCUT2D eigenvalue weighted by Crippen LogP contribution is -2.17. The van der Waals surface area contributed by atoms with Gasteiger partial charge >= 0.3 is 0 Å². The number of benzene rings is 2. The first-order valence-corrected chi connectivity index (χ1v) is 11.8. The van der Waals surface area contributed by atoms with Gasteiger partial charge in [0.25, 0.3) is 22.3 Å². The number of amides is 4. The minimum Gasteiger partial charge on any atom is -0.493 e. The number of thioether (sulfide) groups is 2. The Labute approximate surface area is 215 Å². The predicted octanol–water partition coefficient (Wildman–Crippen LogP) is 4.06. The van der Waals surface area contributed by atoms with Crippen molar-refractivity contribution in [1.82, 2.24) is 10.6 Å². The summed E-state index contributed by atoms with van der Waals surface area (Å²) in [5.74, 6) is 1.61. The molecule has 2 aliphatic heterocycles. The fourth-order valence-corrected chi connectivity index (χ4v) is 4.39. The maximum absolute atomic E-state index is 11.4. The van der Waals surface area contributed by atoms with Gasteiger partial charge in [-0.25, -0.2) is 0 Å². The van der Waals surface area contributed by atoms with Crippen LogP contribution in [0.2, 0.25) is 0 Å². The van der Waals surface area contributed by atoms with Crippen LogP contribution in [0, 0.1) is 0 Å². The quantitative estimate of drug-likeness (QED) is 0.528. The summed E-state index contributed by atoms with van der Waals surface area (Å²) in [6.07, 6.45) is 3.26. The molecule has 2 heterocycles. The minimum atomic E-state index is -0.375. The van der Waals surface area contributed by atoms with E-state index in [1.165, 1.54) is 14.2 Å². The van der Waals surface area contributed by atoms with Crippen LogP contribution in [0.3, 0.4) is 0 Å². The van der Waals surface area contributed by atoms with Crippen molar-refractivity contribution in [3.63, 3.8) is 0 Å². The Balaban J connectivity index is 0.000000201. The van der Waals surface area contributed by atoms with E-state index in [9.17, 15) is 19.2 Å². The van der Waals surface area contributed by atoms with E-state index in [0.717, 1.165) is 34.7 Å². The molecule has 0 radical (unpaired) electrons. The zero-order valence-corrected chi connectivity index (χ0v) is 21.3. The van der Waals surface area contributed by atoms with E-state index in [2.05, 4.69) is 10.6 Å². The van der Waals surface area contributed by atoms with Crippen molar-refractivity contribution < 1.29 is 38.1 Å². The van der Waals surface area contributed by atoms with Crippen molar-refractivity contribution in [1.29, 1.82) is 0 Å². The van der Waals surface area contributed by atoms with Crippen molar-refractivity contribution >= 4 is 58.0 Å². The van der Waals surface area contributed by atoms with Gasteiger partial charge in [-0.1, -0.05) is 12.1 Å². The van der Waals surface area contributed by atoms with E-state index in [1.54, 1.807) is 62.8 Å². The molecule has 188 valence electrons. The first-order chi connectivity index (χ1) is 17.3. The van der Waals surface area contributed by atoms with Crippen molar-refractivity contribution in [2.24, 2.45) is 0 Å². The number of carbonyl (C=O) groups excluding carboxylic acids is 4. The smallest absolute Gasteiger partial charge is 0.290 e. The molecular weight excluding hydrogens is 508 g/mol. The third kappa shape index (κ3) is 6.61. The number of hydrogen-bond donors (Lipinski definition) is 2. The van der Waals surface area contributed by atoms with Crippen LogP contribution in [-0.2, 0) is 9.59 Å². The molecule has 2 aliphatic rings. The lowest BCUT2D eigenvalue weighted by atomic mass is 10.2. The van der Waals surface area contributed by atoms with E-state index in [1.807, 2.05) is 0 Å². The molecule has 0 unspecified atom stereocenters. The zero-order valence-electron chi connectivity index (χ0n) is 19.7. The highest BCUT2D eigenvalue weighted by atomic mass is 32.2. The Morgan fingerprint density at radius 2 is 0.944 bits per heavy atom. The number of carbonyl (C=O) groups is 4. The Morgan fingerprint density at radius 3 is 1.22 bits per heavy atom. The van der Waals surface area contributed by atoms with E-state index < -0.39 is 0 Å². The third-order valence-corrected chi connectivity index (χ3v) is 6.32. The summed E-state index contributed by atoms with van der Waals surface area (Å²) in [5.41, 5.74) is 1.53. The van der Waals surface area contributed by atoms with Crippen molar-refractivity contribution in [2.45, 2.75) is 0 Å². The van der Waals surface area contributed by atoms with Crippen LogP contribution in [-0.4, -0.2) is 50.7 Å². The van der Waals surface area contributed by atoms with Crippen molar-refractivity contribution in [3.05, 3.63) is 57.3 Å². The number of imide groups is 2. The highest BCUT2D eigenvalue weighted by molar-refractivity contribution is 8.18. The highest BCUT2D eigenvalue weighted by Crippen LogP contribution is 2.32. The van der Waals surface area contributed by atoms with Crippen molar-refractivity contribution in [2.75, 3.05) is 28.4 Å². The second-order valence-electron chi connectivity index (χ2n) is 6.93. The average molecular weight is 531 g/mol. The second kappa shape index (κ2) is 12.2. The van der Waals surface area contributed by atoms with Gasteiger partial charge in [-0.15, -0.1) is 0 Å². The molecule has 0 aliphatic carbocycles. The number of methoxy groups -OCH3 is 4. The van der Waals surface area contributed by atoms with Crippen LogP contribution >= 0.6 is 23.5 Å². The highest BCUT2D eigenvalue weighted by Gasteiger charge is 2.25. The molecule has 4 rings (SSSR count). The molecule has 12 heteroatoms. The van der Waals surface area contributed by atoms with Crippen LogP contribution in [0.25, 0.3) is 12.2 Å². The molecule has 0 atom stereocenters. The van der Waals surface area contributed by atoms with Gasteiger partial charge in [0.1, 0.15) is 0 Å². The summed E-state index contributed by atoms with van der Waals surface area (Å²) in [7, 11) is 6.18. The van der Waals surface area contributed by atoms with Crippen molar-refractivity contribution in [3.8, 4) is 23.0 Å². The Kier molecular flexibility index (Phi) is 9.03. The first kappa shape index (κ1) is 26.7. The molecule has 0 spiro atoms. The van der Waals surface area contributed by atoms with E-state index in [0.29, 0.717) is 32.8 Å². The Hall–Kier alpha value is -3.90. The predicted molar refractivity (Wildman–Crippen MR) is 137 cm³/mol. The minimum absolute atomic E-state index is 0.355. The van der Waals surface area contributed by atoms with Gasteiger partial charge in [-0.2, -0.15) is 0 Å². The Morgan fingerprint density at radius 1 is 0.583 bits per heavy atom. The fourth-order valence-electron chi connectivity index (χ4n) is 3.03. The molecule has 4 amide bonds. The van der Waals surface area contributed by atoms with E-state index in [-0.39, 0.29) is 22.3 Å². The molecule has 2 fully saturated rings. The molecule has 2 aromatic rings. The fraction of sp³-hybridized carbons (Fsp3) is 0.167. The first-order valence-electron chi connectivity index (χ1n) is 10.2. The molecule has 0 bridgehead atoms. The third-order valence-electron chi connectivity index (χ3n) is 4.69. The summed E-state index contributed by atoms with van der Waals surface area (Å²) >= 11 is 1.76. The van der Waals surface area contributed by atoms with Gasteiger partial charge in [-0.3, -0.25) is 29.8 Å². The molecule has 2 aromatic carbocycles. The SMILES string of the molecule is COc1ccc(C=C2SC(=O)NC2=O)cc1OC.COc1ccc(C=C2SC(=O)NC2=O)cc1OC.